The van der Waals surface area contributed by atoms with Gasteiger partial charge in [0, 0.05) is 5.70 Å². The number of nitrogens with zero attached hydrogens (tertiary/aromatic N) is 3. The van der Waals surface area contributed by atoms with E-state index in [1.54, 1.807) is 12.1 Å². The van der Waals surface area contributed by atoms with Gasteiger partial charge < -0.3 is 5.73 Å². The average Bonchev–Trinajstić information content (AvgIpc) is 1.91. The maximum absolute atomic E-state index is 8.21. The summed E-state index contributed by atoms with van der Waals surface area (Å²) >= 11 is 0. The number of rotatable bonds is 1. The maximum Gasteiger partial charge on any atom is 0.280 e. The van der Waals surface area contributed by atoms with Crippen LogP contribution in [0.15, 0.2) is 11.4 Å². The molecule has 0 amide bonds. The predicted molar refractivity (Wildman–Crippen MR) is 33.7 cm³/mol. The van der Waals surface area contributed by atoms with Crippen LogP contribution in [0, 0.1) is 29.2 Å². The molecule has 0 saturated heterocycles. The monoisotopic (exact) mass is 132 g/mol. The zero-order chi connectivity index (χ0) is 7.98. The third-order valence-corrected chi connectivity index (χ3v) is 0.791. The summed E-state index contributed by atoms with van der Waals surface area (Å²) in [5.74, 6) is 0. The lowest BCUT2D eigenvalue weighted by Crippen LogP contribution is -1.98. The zero-order valence-electron chi connectivity index (χ0n) is 5.13. The van der Waals surface area contributed by atoms with E-state index in [-0.39, 0.29) is 17.8 Å². The highest BCUT2D eigenvalue weighted by atomic mass is 14.7. The largest absolute Gasteiger partial charge is 0.409 e. The highest BCUT2D eigenvalue weighted by molar-refractivity contribution is 5.32. The van der Waals surface area contributed by atoms with Gasteiger partial charge in [0.1, 0.15) is 0 Å². The Balaban J connectivity index is 4.56. The Morgan fingerprint density at radius 3 is 2.50 bits per heavy atom. The molecular formula is C6H4N4. The summed E-state index contributed by atoms with van der Waals surface area (Å²) in [7, 11) is 0. The minimum atomic E-state index is -0.193. The molecule has 48 valence electrons. The third kappa shape index (κ3) is 1.86. The number of nitriles is 2. The molecule has 0 aromatic heterocycles. The fourth-order valence-electron chi connectivity index (χ4n) is 0.338. The molecule has 0 unspecified atom stereocenters. The van der Waals surface area contributed by atoms with Gasteiger partial charge in [-0.05, 0) is 0 Å². The second kappa shape index (κ2) is 3.95. The highest BCUT2D eigenvalue weighted by Gasteiger charge is 1.99. The first-order chi connectivity index (χ1) is 4.76. The summed E-state index contributed by atoms with van der Waals surface area (Å²) in [6.07, 6.45) is -0.0642. The Bertz CT molecular complexity index is 252. The Hall–Kier alpha value is -1.99. The molecule has 0 aromatic carbocycles. The molecule has 0 heterocycles. The van der Waals surface area contributed by atoms with E-state index in [1.807, 2.05) is 0 Å². The zero-order valence-corrected chi connectivity index (χ0v) is 5.13. The van der Waals surface area contributed by atoms with Crippen molar-refractivity contribution in [2.75, 3.05) is 0 Å². The Morgan fingerprint density at radius 2 is 2.20 bits per heavy atom. The summed E-state index contributed by atoms with van der Waals surface area (Å²) in [5, 5.41) is 16.3. The summed E-state index contributed by atoms with van der Waals surface area (Å²) in [6, 6.07) is 3.32. The van der Waals surface area contributed by atoms with Crippen molar-refractivity contribution in [3.63, 3.8) is 0 Å². The van der Waals surface area contributed by atoms with E-state index in [0.717, 1.165) is 0 Å². The molecule has 0 saturated carbocycles. The maximum atomic E-state index is 8.21. The van der Waals surface area contributed by atoms with Gasteiger partial charge in [0.25, 0.3) is 5.70 Å². The molecule has 0 spiro atoms. The fourth-order valence-corrected chi connectivity index (χ4v) is 0.338. The second-order valence-electron chi connectivity index (χ2n) is 1.43. The van der Waals surface area contributed by atoms with Gasteiger partial charge in [-0.1, -0.05) is 0 Å². The molecule has 0 bridgehead atoms. The van der Waals surface area contributed by atoms with Crippen molar-refractivity contribution in [2.45, 2.75) is 6.42 Å². The first-order valence-corrected chi connectivity index (χ1v) is 2.39. The van der Waals surface area contributed by atoms with E-state index in [2.05, 4.69) is 4.85 Å². The van der Waals surface area contributed by atoms with Crippen molar-refractivity contribution in [3.8, 4) is 12.1 Å². The van der Waals surface area contributed by atoms with E-state index in [0.29, 0.717) is 0 Å². The molecular weight excluding hydrogens is 128 g/mol. The number of nitrogens with two attached hydrogens (primary N) is 1. The highest BCUT2D eigenvalue weighted by Crippen LogP contribution is 2.01. The topological polar surface area (TPSA) is 78.0 Å². The molecule has 0 aliphatic rings. The number of hydrogen-bond acceptors (Lipinski definition) is 3. The van der Waals surface area contributed by atoms with Crippen LogP contribution in [0.2, 0.25) is 0 Å². The van der Waals surface area contributed by atoms with Gasteiger partial charge >= 0.3 is 0 Å². The molecule has 0 radical (unpaired) electrons. The fraction of sp³-hybridized carbons (Fsp3) is 0.167. The van der Waals surface area contributed by atoms with Crippen molar-refractivity contribution < 1.29 is 0 Å². The molecule has 4 heteroatoms. The van der Waals surface area contributed by atoms with E-state index < -0.39 is 0 Å². The van der Waals surface area contributed by atoms with Crippen LogP contribution in [-0.4, -0.2) is 0 Å². The van der Waals surface area contributed by atoms with Crippen LogP contribution in [0.5, 0.6) is 0 Å². The smallest absolute Gasteiger partial charge is 0.280 e. The molecule has 2 N–H and O–H groups in total. The van der Waals surface area contributed by atoms with Crippen molar-refractivity contribution >= 4 is 0 Å². The van der Waals surface area contributed by atoms with Gasteiger partial charge in [0.15, 0.2) is 0 Å². The van der Waals surface area contributed by atoms with E-state index in [4.69, 9.17) is 22.8 Å². The van der Waals surface area contributed by atoms with Crippen LogP contribution in [0.3, 0.4) is 0 Å². The van der Waals surface area contributed by atoms with Crippen LogP contribution in [0.4, 0.5) is 0 Å². The van der Waals surface area contributed by atoms with Gasteiger partial charge in [0.2, 0.25) is 0 Å². The Morgan fingerprint density at radius 1 is 1.60 bits per heavy atom. The van der Waals surface area contributed by atoms with Crippen LogP contribution >= 0.6 is 0 Å². The van der Waals surface area contributed by atoms with Crippen LogP contribution < -0.4 is 5.73 Å². The van der Waals surface area contributed by atoms with E-state index in [9.17, 15) is 0 Å². The van der Waals surface area contributed by atoms with Crippen LogP contribution in [0.25, 0.3) is 4.85 Å². The molecule has 0 aliphatic heterocycles. The summed E-state index contributed by atoms with van der Waals surface area (Å²) in [4.78, 5) is 2.82. The quantitative estimate of drug-likeness (QED) is 0.417. The Kier molecular flexibility index (Phi) is 3.16. The van der Waals surface area contributed by atoms with Gasteiger partial charge in [-0.15, -0.1) is 0 Å². The minimum Gasteiger partial charge on any atom is -0.409 e. The summed E-state index contributed by atoms with van der Waals surface area (Å²) in [6.45, 7) is 6.42. The van der Waals surface area contributed by atoms with E-state index in [1.165, 1.54) is 0 Å². The molecule has 0 aromatic rings. The van der Waals surface area contributed by atoms with E-state index >= 15 is 0 Å². The molecule has 0 atom stereocenters. The van der Waals surface area contributed by atoms with Gasteiger partial charge in [-0.3, -0.25) is 0 Å². The standard InChI is InChI=1S/C6H4N4/c1-10-6(4-8)5(9)2-3-7/h2,9H2/b6-5+. The normalized spacial score (nSPS) is 10.1. The molecule has 10 heavy (non-hydrogen) atoms. The lowest BCUT2D eigenvalue weighted by molar-refractivity contribution is 1.15. The van der Waals surface area contributed by atoms with Gasteiger partial charge in [-0.2, -0.15) is 5.26 Å². The number of hydrogen-bond donors (Lipinski definition) is 1. The SMILES string of the molecule is [C-]#[N+]/C(C#N)=C(/N)CC#N. The van der Waals surface area contributed by atoms with Crippen molar-refractivity contribution in [1.82, 2.24) is 0 Å². The summed E-state index contributed by atoms with van der Waals surface area (Å²) < 4.78 is 0. The minimum absolute atomic E-state index is 0.0417. The molecule has 0 fully saturated rings. The molecule has 4 nitrogen and oxygen atoms in total. The second-order valence-corrected chi connectivity index (χ2v) is 1.43. The predicted octanol–water partition coefficient (Wildman–Crippen LogP) is 0.513. The Labute approximate surface area is 58.6 Å². The van der Waals surface area contributed by atoms with Gasteiger partial charge in [-0.25, -0.2) is 10.1 Å². The lowest BCUT2D eigenvalue weighted by atomic mass is 10.3. The first-order valence-electron chi connectivity index (χ1n) is 2.39. The average molecular weight is 132 g/mol. The number of allylic oxidation sites excluding steroid dienone is 2. The van der Waals surface area contributed by atoms with Crippen LogP contribution in [0.1, 0.15) is 6.42 Å². The molecule has 0 rings (SSSR count). The van der Waals surface area contributed by atoms with Crippen molar-refractivity contribution in [2.24, 2.45) is 5.73 Å². The van der Waals surface area contributed by atoms with Gasteiger partial charge in [0.05, 0.1) is 25.1 Å². The molecule has 0 aliphatic carbocycles. The lowest BCUT2D eigenvalue weighted by Gasteiger charge is -1.89. The van der Waals surface area contributed by atoms with Crippen molar-refractivity contribution in [1.29, 1.82) is 10.5 Å². The van der Waals surface area contributed by atoms with Crippen molar-refractivity contribution in [3.05, 3.63) is 22.8 Å². The third-order valence-electron chi connectivity index (χ3n) is 0.791. The van der Waals surface area contributed by atoms with Crippen LogP contribution in [-0.2, 0) is 0 Å². The first kappa shape index (κ1) is 8.01. The summed E-state index contributed by atoms with van der Waals surface area (Å²) in [5.41, 5.74) is 5.02.